The molecular formula is C6H6N. The Morgan fingerprint density at radius 1 is 1.71 bits per heavy atom. The third kappa shape index (κ3) is 0.806. The fourth-order valence-corrected chi connectivity index (χ4v) is 0.688. The van der Waals surface area contributed by atoms with Crippen molar-refractivity contribution in [2.24, 2.45) is 0 Å². The average molecular weight is 92.1 g/mol. The van der Waals surface area contributed by atoms with Gasteiger partial charge in [0, 0.05) is 5.57 Å². The molecular weight excluding hydrogens is 86.1 g/mol. The molecule has 1 nitrogen and oxygen atoms in total. The van der Waals surface area contributed by atoms with Crippen LogP contribution >= 0.6 is 0 Å². The molecule has 1 radical (unpaired) electrons. The van der Waals surface area contributed by atoms with Gasteiger partial charge in [0.25, 0.3) is 0 Å². The molecule has 35 valence electrons. The Hall–Kier alpha value is -0.770. The topological polar surface area (TPSA) is 23.8 Å². The molecule has 1 aliphatic rings. The fourth-order valence-electron chi connectivity index (χ4n) is 0.688. The molecule has 7 heavy (non-hydrogen) atoms. The highest BCUT2D eigenvalue weighted by molar-refractivity contribution is 5.19. The lowest BCUT2D eigenvalue weighted by Crippen LogP contribution is -1.64. The van der Waals surface area contributed by atoms with Gasteiger partial charge in [-0.1, -0.05) is 0 Å². The van der Waals surface area contributed by atoms with Crippen molar-refractivity contribution in [3.63, 3.8) is 0 Å². The van der Waals surface area contributed by atoms with Crippen molar-refractivity contribution in [3.8, 4) is 6.07 Å². The lowest BCUT2D eigenvalue weighted by molar-refractivity contribution is 0.911. The van der Waals surface area contributed by atoms with E-state index in [4.69, 9.17) is 5.26 Å². The molecule has 0 saturated heterocycles. The number of hydrogen-bond acceptors (Lipinski definition) is 1. The van der Waals surface area contributed by atoms with Crippen LogP contribution in [-0.4, -0.2) is 0 Å². The third-order valence-corrected chi connectivity index (χ3v) is 1.08. The molecule has 0 aliphatic heterocycles. The predicted octanol–water partition coefficient (Wildman–Crippen LogP) is 1.42. The first kappa shape index (κ1) is 4.39. The Labute approximate surface area is 43.3 Å². The van der Waals surface area contributed by atoms with E-state index in [0.717, 1.165) is 24.8 Å². The molecule has 0 amide bonds. The van der Waals surface area contributed by atoms with E-state index in [1.807, 2.05) is 0 Å². The van der Waals surface area contributed by atoms with Crippen molar-refractivity contribution in [2.45, 2.75) is 19.3 Å². The molecule has 0 saturated carbocycles. The Morgan fingerprint density at radius 3 is 2.86 bits per heavy atom. The minimum atomic E-state index is 0.847. The number of hydrogen-bond donors (Lipinski definition) is 0. The Kier molecular flexibility index (Phi) is 1.12. The molecule has 0 fully saturated rings. The molecule has 0 spiro atoms. The molecule has 0 aromatic heterocycles. The van der Waals surface area contributed by atoms with Gasteiger partial charge in [-0.15, -0.1) is 0 Å². The van der Waals surface area contributed by atoms with Crippen LogP contribution in [-0.2, 0) is 0 Å². The smallest absolute Gasteiger partial charge is 0.0950 e. The van der Waals surface area contributed by atoms with Gasteiger partial charge >= 0.3 is 0 Å². The van der Waals surface area contributed by atoms with Crippen LogP contribution in [0.25, 0.3) is 0 Å². The van der Waals surface area contributed by atoms with Crippen LogP contribution in [0, 0.1) is 17.4 Å². The summed E-state index contributed by atoms with van der Waals surface area (Å²) in [7, 11) is 0. The van der Waals surface area contributed by atoms with Crippen LogP contribution in [0.3, 0.4) is 0 Å². The van der Waals surface area contributed by atoms with Crippen molar-refractivity contribution >= 4 is 0 Å². The zero-order valence-electron chi connectivity index (χ0n) is 4.07. The molecule has 1 aliphatic carbocycles. The van der Waals surface area contributed by atoms with Gasteiger partial charge in [0.05, 0.1) is 6.07 Å². The summed E-state index contributed by atoms with van der Waals surface area (Å²) >= 11 is 0. The minimum absolute atomic E-state index is 0.847. The standard InChI is InChI=1S/C6H6N/c7-5-6-3-1-2-4-6/h1-3H2. The van der Waals surface area contributed by atoms with Crippen LogP contribution in [0.5, 0.6) is 0 Å². The second-order valence-corrected chi connectivity index (χ2v) is 1.62. The largest absolute Gasteiger partial charge is 0.193 e. The summed E-state index contributed by atoms with van der Waals surface area (Å²) in [5, 5.41) is 8.22. The second kappa shape index (κ2) is 1.79. The van der Waals surface area contributed by atoms with Gasteiger partial charge in [-0.05, 0) is 25.3 Å². The Bertz CT molecular complexity index is 128. The minimum Gasteiger partial charge on any atom is -0.193 e. The zero-order chi connectivity index (χ0) is 5.11. The molecule has 0 aromatic rings. The molecule has 0 unspecified atom stereocenters. The van der Waals surface area contributed by atoms with Crippen LogP contribution in [0.4, 0.5) is 0 Å². The lowest BCUT2D eigenvalue weighted by atomic mass is 10.3. The highest BCUT2D eigenvalue weighted by Crippen LogP contribution is 2.14. The summed E-state index contributed by atoms with van der Waals surface area (Å²) in [6.07, 6.45) is 6.03. The van der Waals surface area contributed by atoms with Crippen molar-refractivity contribution in [1.82, 2.24) is 0 Å². The quantitative estimate of drug-likeness (QED) is 0.443. The predicted molar refractivity (Wildman–Crippen MR) is 26.2 cm³/mol. The van der Waals surface area contributed by atoms with E-state index in [1.165, 1.54) is 0 Å². The molecule has 0 atom stereocenters. The van der Waals surface area contributed by atoms with E-state index in [-0.39, 0.29) is 0 Å². The monoisotopic (exact) mass is 92.1 g/mol. The van der Waals surface area contributed by atoms with Gasteiger partial charge in [0.2, 0.25) is 0 Å². The summed E-state index contributed by atoms with van der Waals surface area (Å²) in [5.74, 6) is 0. The summed E-state index contributed by atoms with van der Waals surface area (Å²) in [6.45, 7) is 0. The highest BCUT2D eigenvalue weighted by Gasteiger charge is 2.00. The summed E-state index contributed by atoms with van der Waals surface area (Å²) < 4.78 is 0. The number of allylic oxidation sites excluding steroid dienone is 2. The van der Waals surface area contributed by atoms with Gasteiger partial charge in [0.1, 0.15) is 0 Å². The van der Waals surface area contributed by atoms with Crippen molar-refractivity contribution in [2.75, 3.05) is 0 Å². The van der Waals surface area contributed by atoms with Crippen LogP contribution in [0.15, 0.2) is 5.57 Å². The molecule has 0 aromatic carbocycles. The van der Waals surface area contributed by atoms with Crippen LogP contribution in [0.2, 0.25) is 0 Å². The highest BCUT2D eigenvalue weighted by atomic mass is 14.2. The normalized spacial score (nSPS) is 18.4. The first-order valence-corrected chi connectivity index (χ1v) is 2.43. The Balaban J connectivity index is 2.57. The van der Waals surface area contributed by atoms with Crippen LogP contribution < -0.4 is 0 Å². The van der Waals surface area contributed by atoms with E-state index < -0.39 is 0 Å². The first-order chi connectivity index (χ1) is 3.43. The van der Waals surface area contributed by atoms with Crippen LogP contribution in [0.1, 0.15) is 19.3 Å². The molecule has 0 N–H and O–H groups in total. The van der Waals surface area contributed by atoms with E-state index in [0.29, 0.717) is 0 Å². The van der Waals surface area contributed by atoms with Gasteiger partial charge in [0.15, 0.2) is 0 Å². The molecule has 0 heterocycles. The maximum atomic E-state index is 8.22. The SMILES string of the molecule is N#CC1=[C]CCC1. The maximum Gasteiger partial charge on any atom is 0.0950 e. The number of nitrogens with zero attached hydrogens (tertiary/aromatic N) is 1. The number of nitriles is 1. The van der Waals surface area contributed by atoms with Gasteiger partial charge in [-0.2, -0.15) is 5.26 Å². The Morgan fingerprint density at radius 2 is 2.57 bits per heavy atom. The second-order valence-electron chi connectivity index (χ2n) is 1.62. The van der Waals surface area contributed by atoms with Crippen molar-refractivity contribution < 1.29 is 0 Å². The summed E-state index contributed by atoms with van der Waals surface area (Å²) in [5.41, 5.74) is 0.847. The van der Waals surface area contributed by atoms with Gasteiger partial charge in [-0.3, -0.25) is 0 Å². The lowest BCUT2D eigenvalue weighted by Gasteiger charge is -1.76. The first-order valence-electron chi connectivity index (χ1n) is 2.43. The van der Waals surface area contributed by atoms with E-state index in [2.05, 4.69) is 12.1 Å². The summed E-state index contributed by atoms with van der Waals surface area (Å²) in [4.78, 5) is 0. The molecule has 1 rings (SSSR count). The average Bonchev–Trinajstić information content (AvgIpc) is 2.14. The van der Waals surface area contributed by atoms with E-state index in [1.54, 1.807) is 0 Å². The van der Waals surface area contributed by atoms with Gasteiger partial charge in [-0.25, -0.2) is 0 Å². The number of rotatable bonds is 0. The van der Waals surface area contributed by atoms with E-state index >= 15 is 0 Å². The molecule has 0 bridgehead atoms. The third-order valence-electron chi connectivity index (χ3n) is 1.08. The molecule has 1 heteroatoms. The summed E-state index contributed by atoms with van der Waals surface area (Å²) in [6, 6.07) is 2.07. The zero-order valence-corrected chi connectivity index (χ0v) is 4.07. The fraction of sp³-hybridized carbons (Fsp3) is 0.500. The maximum absolute atomic E-state index is 8.22. The van der Waals surface area contributed by atoms with Gasteiger partial charge < -0.3 is 0 Å². The van der Waals surface area contributed by atoms with E-state index in [9.17, 15) is 0 Å². The van der Waals surface area contributed by atoms with Crippen molar-refractivity contribution in [3.05, 3.63) is 11.6 Å². The van der Waals surface area contributed by atoms with Crippen molar-refractivity contribution in [1.29, 1.82) is 5.26 Å².